The molecule has 1 heterocycles. The van der Waals surface area contributed by atoms with Gasteiger partial charge in [-0.1, -0.05) is 121 Å². The van der Waals surface area contributed by atoms with E-state index in [-0.39, 0.29) is 0 Å². The minimum Gasteiger partial charge on any atom is -0.474 e. The second-order valence-corrected chi connectivity index (χ2v) is 9.37. The Morgan fingerprint density at radius 1 is 0.567 bits per heavy atom. The van der Waals surface area contributed by atoms with E-state index in [1.54, 1.807) is 0 Å². The summed E-state index contributed by atoms with van der Waals surface area (Å²) in [6.45, 7) is 0.509. The van der Waals surface area contributed by atoms with Crippen molar-refractivity contribution in [2.75, 3.05) is 6.61 Å². The fourth-order valence-corrected chi connectivity index (χ4v) is 6.07. The largest absolute Gasteiger partial charge is 0.474 e. The van der Waals surface area contributed by atoms with Gasteiger partial charge in [-0.15, -0.1) is 0 Å². The highest BCUT2D eigenvalue weighted by molar-refractivity contribution is 7.87. The van der Waals surface area contributed by atoms with Crippen molar-refractivity contribution >= 4 is 24.2 Å². The van der Waals surface area contributed by atoms with Crippen LogP contribution in [0.3, 0.4) is 0 Å². The van der Waals surface area contributed by atoms with Crippen molar-refractivity contribution in [3.63, 3.8) is 0 Å². The van der Waals surface area contributed by atoms with Crippen molar-refractivity contribution in [3.05, 3.63) is 132 Å². The number of ether oxygens (including phenoxy) is 1. The van der Waals surface area contributed by atoms with Crippen LogP contribution in [0.2, 0.25) is 0 Å². The monoisotopic (exact) mass is 407 g/mol. The molecule has 1 aliphatic rings. The van der Waals surface area contributed by atoms with Gasteiger partial charge in [-0.25, -0.2) is 4.99 Å². The molecule has 0 N–H and O–H groups in total. The summed E-state index contributed by atoms with van der Waals surface area (Å²) in [6, 6.07) is 42.1. The first-order valence-electron chi connectivity index (χ1n) is 10.1. The van der Waals surface area contributed by atoms with Gasteiger partial charge in [0.2, 0.25) is 5.64 Å². The number of aliphatic imine (C=N–C) groups is 1. The minimum atomic E-state index is -0.863. The zero-order valence-corrected chi connectivity index (χ0v) is 17.5. The molecule has 0 radical (unpaired) electrons. The van der Waals surface area contributed by atoms with Gasteiger partial charge in [-0.05, 0) is 21.7 Å². The Morgan fingerprint density at radius 2 is 0.967 bits per heavy atom. The molecule has 0 aromatic heterocycles. The van der Waals surface area contributed by atoms with Crippen LogP contribution < -0.4 is 10.6 Å². The van der Waals surface area contributed by atoms with E-state index < -0.39 is 13.5 Å². The molecule has 0 amide bonds. The highest BCUT2D eigenvalue weighted by Crippen LogP contribution is 2.46. The average molecular weight is 407 g/mol. The zero-order valence-electron chi connectivity index (χ0n) is 16.6. The Kier molecular flexibility index (Phi) is 5.17. The van der Waals surface area contributed by atoms with Gasteiger partial charge in [-0.3, -0.25) is 0 Å². The number of benzene rings is 4. The normalized spacial score (nSPS) is 14.9. The highest BCUT2D eigenvalue weighted by Gasteiger charge is 2.42. The van der Waals surface area contributed by atoms with Gasteiger partial charge in [0.05, 0.1) is 0 Å². The lowest BCUT2D eigenvalue weighted by Crippen LogP contribution is -2.26. The summed E-state index contributed by atoms with van der Waals surface area (Å²) in [7, 11) is -0.863. The van der Waals surface area contributed by atoms with E-state index in [4.69, 9.17) is 9.73 Å². The lowest BCUT2D eigenvalue weighted by atomic mass is 9.84. The van der Waals surface area contributed by atoms with Gasteiger partial charge in [0, 0.05) is 7.92 Å². The molecule has 3 heteroatoms. The summed E-state index contributed by atoms with van der Waals surface area (Å²) in [5.74, 6) is 0. The third-order valence-corrected chi connectivity index (χ3v) is 7.66. The maximum Gasteiger partial charge on any atom is 0.216 e. The van der Waals surface area contributed by atoms with E-state index in [0.29, 0.717) is 6.61 Å². The molecule has 0 fully saturated rings. The van der Waals surface area contributed by atoms with E-state index in [9.17, 15) is 0 Å². The molecule has 4 aromatic rings. The van der Waals surface area contributed by atoms with Crippen LogP contribution in [0.15, 0.2) is 126 Å². The third kappa shape index (κ3) is 3.44. The molecule has 1 aliphatic heterocycles. The van der Waals surface area contributed by atoms with E-state index in [1.807, 2.05) is 12.1 Å². The maximum absolute atomic E-state index is 6.43. The molecule has 5 rings (SSSR count). The molecule has 0 bridgehead atoms. The van der Waals surface area contributed by atoms with E-state index in [0.717, 1.165) is 16.8 Å². The fourth-order valence-electron chi connectivity index (χ4n) is 3.93. The Morgan fingerprint density at radius 3 is 1.40 bits per heavy atom. The van der Waals surface area contributed by atoms with Gasteiger partial charge >= 0.3 is 0 Å². The molecule has 0 aliphatic carbocycles. The Bertz CT molecular complexity index is 1050. The standard InChI is InChI=1S/C27H22NOP/c1-5-13-22(14-6-1)27(23-15-7-2-8-16-23)21-29-26(28-27)30(24-17-9-3-10-18-24)25-19-11-4-12-20-25/h1-20H,21H2. The van der Waals surface area contributed by atoms with Crippen LogP contribution in [0.4, 0.5) is 0 Å². The predicted octanol–water partition coefficient (Wildman–Crippen LogP) is 5.45. The Hall–Kier alpha value is -3.22. The van der Waals surface area contributed by atoms with Gasteiger partial charge in [0.1, 0.15) is 12.1 Å². The Labute approximate surface area is 178 Å². The molecule has 2 nitrogen and oxygen atoms in total. The molecule has 0 unspecified atom stereocenters. The smallest absolute Gasteiger partial charge is 0.216 e. The summed E-state index contributed by atoms with van der Waals surface area (Å²) in [5, 5.41) is 2.49. The molecule has 146 valence electrons. The van der Waals surface area contributed by atoms with Crippen molar-refractivity contribution in [1.82, 2.24) is 0 Å². The van der Waals surface area contributed by atoms with Crippen LogP contribution in [0.1, 0.15) is 11.1 Å². The third-order valence-electron chi connectivity index (χ3n) is 5.42. The number of hydrogen-bond acceptors (Lipinski definition) is 2. The number of rotatable bonds is 5. The van der Waals surface area contributed by atoms with Crippen LogP contribution in [0.5, 0.6) is 0 Å². The summed E-state index contributed by atoms with van der Waals surface area (Å²) >= 11 is 0. The van der Waals surface area contributed by atoms with Crippen molar-refractivity contribution in [3.8, 4) is 0 Å². The summed E-state index contributed by atoms with van der Waals surface area (Å²) in [5.41, 5.74) is 2.61. The summed E-state index contributed by atoms with van der Waals surface area (Å²) in [4.78, 5) is 5.34. The van der Waals surface area contributed by atoms with Gasteiger partial charge in [-0.2, -0.15) is 0 Å². The lowest BCUT2D eigenvalue weighted by Gasteiger charge is -2.25. The summed E-state index contributed by atoms with van der Waals surface area (Å²) < 4.78 is 6.43. The van der Waals surface area contributed by atoms with Crippen LogP contribution >= 0.6 is 7.92 Å². The van der Waals surface area contributed by atoms with Crippen LogP contribution in [-0.4, -0.2) is 12.2 Å². The van der Waals surface area contributed by atoms with E-state index >= 15 is 0 Å². The molecule has 0 spiro atoms. The molecule has 0 saturated heterocycles. The van der Waals surface area contributed by atoms with Crippen molar-refractivity contribution in [1.29, 1.82) is 0 Å². The van der Waals surface area contributed by atoms with Gasteiger partial charge in [0.25, 0.3) is 0 Å². The first kappa shape index (κ1) is 18.8. The quantitative estimate of drug-likeness (QED) is 0.403. The second-order valence-electron chi connectivity index (χ2n) is 7.28. The van der Waals surface area contributed by atoms with Gasteiger partial charge < -0.3 is 4.74 Å². The second kappa shape index (κ2) is 8.26. The number of nitrogens with zero attached hydrogens (tertiary/aromatic N) is 1. The van der Waals surface area contributed by atoms with Crippen LogP contribution in [-0.2, 0) is 10.3 Å². The molecule has 4 aromatic carbocycles. The average Bonchev–Trinajstić information content (AvgIpc) is 3.28. The maximum atomic E-state index is 6.43. The lowest BCUT2D eigenvalue weighted by molar-refractivity contribution is 0.286. The van der Waals surface area contributed by atoms with Crippen molar-refractivity contribution in [2.45, 2.75) is 5.54 Å². The number of hydrogen-bond donors (Lipinski definition) is 0. The SMILES string of the molecule is c1ccc(P(C2=NC(c3ccccc3)(c3ccccc3)CO2)c2ccccc2)cc1. The molecular weight excluding hydrogens is 385 g/mol. The van der Waals surface area contributed by atoms with Crippen LogP contribution in [0.25, 0.3) is 0 Å². The first-order chi connectivity index (χ1) is 14.9. The summed E-state index contributed by atoms with van der Waals surface area (Å²) in [6.07, 6.45) is 0. The fraction of sp³-hybridized carbons (Fsp3) is 0.0741. The molecule has 30 heavy (non-hydrogen) atoms. The van der Waals surface area contributed by atoms with Crippen molar-refractivity contribution in [2.24, 2.45) is 4.99 Å². The highest BCUT2D eigenvalue weighted by atomic mass is 31.1. The Balaban J connectivity index is 1.68. The molecule has 0 saturated carbocycles. The first-order valence-corrected chi connectivity index (χ1v) is 11.4. The van der Waals surface area contributed by atoms with Crippen LogP contribution in [0, 0.1) is 0 Å². The predicted molar refractivity (Wildman–Crippen MR) is 126 cm³/mol. The topological polar surface area (TPSA) is 21.6 Å². The zero-order chi connectivity index (χ0) is 20.2. The molecular formula is C27H22NOP. The van der Waals surface area contributed by atoms with Gasteiger partial charge in [0.15, 0.2) is 0 Å². The van der Waals surface area contributed by atoms with E-state index in [1.165, 1.54) is 10.6 Å². The van der Waals surface area contributed by atoms with E-state index in [2.05, 4.69) is 109 Å². The minimum absolute atomic E-state index is 0.509. The van der Waals surface area contributed by atoms with Crippen molar-refractivity contribution < 1.29 is 4.74 Å². The molecule has 0 atom stereocenters.